The molecular formula is C12H10F4N2O2. The molecule has 0 saturated carbocycles. The van der Waals surface area contributed by atoms with E-state index in [1.807, 2.05) is 5.32 Å². The van der Waals surface area contributed by atoms with Crippen molar-refractivity contribution in [3.05, 3.63) is 29.6 Å². The number of carbonyl (C=O) groups excluding carboxylic acids is 2. The first kappa shape index (κ1) is 14.3. The fourth-order valence-corrected chi connectivity index (χ4v) is 1.84. The molecule has 1 heterocycles. The summed E-state index contributed by atoms with van der Waals surface area (Å²) in [5.74, 6) is -2.14. The lowest BCUT2D eigenvalue weighted by Gasteiger charge is -2.30. The summed E-state index contributed by atoms with van der Waals surface area (Å²) in [7, 11) is 0. The van der Waals surface area contributed by atoms with E-state index in [4.69, 9.17) is 0 Å². The van der Waals surface area contributed by atoms with Crippen LogP contribution in [0.2, 0.25) is 0 Å². The maximum Gasteiger partial charge on any atom is 0.416 e. The molecule has 3 amide bonds. The van der Waals surface area contributed by atoms with Crippen LogP contribution in [0, 0.1) is 11.7 Å². The van der Waals surface area contributed by atoms with E-state index in [0.29, 0.717) is 18.2 Å². The Morgan fingerprint density at radius 3 is 2.55 bits per heavy atom. The number of hydrogen-bond donors (Lipinski definition) is 1. The normalized spacial score (nSPS) is 20.1. The molecule has 1 atom stereocenters. The van der Waals surface area contributed by atoms with Gasteiger partial charge in [0, 0.05) is 6.54 Å². The molecule has 2 rings (SSSR count). The van der Waals surface area contributed by atoms with Crippen LogP contribution in [0.1, 0.15) is 12.5 Å². The number of nitrogens with one attached hydrogen (secondary N) is 1. The van der Waals surface area contributed by atoms with Crippen molar-refractivity contribution >= 4 is 17.6 Å². The van der Waals surface area contributed by atoms with E-state index in [2.05, 4.69) is 0 Å². The maximum absolute atomic E-state index is 13.7. The first-order valence-corrected chi connectivity index (χ1v) is 5.69. The predicted octanol–water partition coefficient (Wildman–Crippen LogP) is 2.54. The lowest BCUT2D eigenvalue weighted by molar-refractivity contribution is -0.137. The molecule has 1 N–H and O–H groups in total. The van der Waals surface area contributed by atoms with Crippen LogP contribution in [0.5, 0.6) is 0 Å². The number of benzene rings is 1. The minimum Gasteiger partial charge on any atom is -0.290 e. The molecule has 1 aromatic rings. The van der Waals surface area contributed by atoms with Gasteiger partial charge < -0.3 is 0 Å². The highest BCUT2D eigenvalue weighted by molar-refractivity contribution is 6.06. The van der Waals surface area contributed by atoms with Gasteiger partial charge in [0.05, 0.1) is 17.2 Å². The van der Waals surface area contributed by atoms with Crippen LogP contribution >= 0.6 is 0 Å². The Morgan fingerprint density at radius 1 is 1.30 bits per heavy atom. The van der Waals surface area contributed by atoms with Crippen LogP contribution < -0.4 is 10.2 Å². The summed E-state index contributed by atoms with van der Waals surface area (Å²) in [6, 6.07) is 0.852. The lowest BCUT2D eigenvalue weighted by atomic mass is 10.1. The van der Waals surface area contributed by atoms with E-state index in [9.17, 15) is 27.2 Å². The summed E-state index contributed by atoms with van der Waals surface area (Å²) >= 11 is 0. The van der Waals surface area contributed by atoms with Crippen molar-refractivity contribution in [2.24, 2.45) is 5.92 Å². The first-order valence-electron chi connectivity index (χ1n) is 5.69. The van der Waals surface area contributed by atoms with E-state index in [1.165, 1.54) is 6.92 Å². The van der Waals surface area contributed by atoms with Gasteiger partial charge in [-0.1, -0.05) is 6.92 Å². The number of alkyl halides is 3. The third kappa shape index (κ3) is 2.59. The van der Waals surface area contributed by atoms with Gasteiger partial charge in [-0.25, -0.2) is 9.18 Å². The average molecular weight is 290 g/mol. The minimum absolute atomic E-state index is 0.178. The third-order valence-corrected chi connectivity index (χ3v) is 2.94. The first-order chi connectivity index (χ1) is 9.20. The van der Waals surface area contributed by atoms with Crippen molar-refractivity contribution < 1.29 is 27.2 Å². The Kier molecular flexibility index (Phi) is 3.41. The van der Waals surface area contributed by atoms with Gasteiger partial charge in [-0.15, -0.1) is 0 Å². The van der Waals surface area contributed by atoms with E-state index in [-0.39, 0.29) is 6.54 Å². The molecule has 1 aliphatic heterocycles. The number of hydrogen-bond acceptors (Lipinski definition) is 2. The smallest absolute Gasteiger partial charge is 0.290 e. The molecule has 1 saturated heterocycles. The highest BCUT2D eigenvalue weighted by atomic mass is 19.4. The summed E-state index contributed by atoms with van der Waals surface area (Å²) in [6.45, 7) is 1.31. The number of nitrogens with zero attached hydrogens (tertiary/aromatic N) is 1. The van der Waals surface area contributed by atoms with Crippen molar-refractivity contribution in [2.75, 3.05) is 11.4 Å². The van der Waals surface area contributed by atoms with Crippen LogP contribution in [0.25, 0.3) is 0 Å². The van der Waals surface area contributed by atoms with Crippen molar-refractivity contribution in [1.29, 1.82) is 0 Å². The number of urea groups is 1. The van der Waals surface area contributed by atoms with Crippen molar-refractivity contribution in [3.63, 3.8) is 0 Å². The van der Waals surface area contributed by atoms with Gasteiger partial charge in [0.15, 0.2) is 0 Å². The second kappa shape index (κ2) is 4.77. The van der Waals surface area contributed by atoms with Crippen LogP contribution in [0.15, 0.2) is 18.2 Å². The summed E-state index contributed by atoms with van der Waals surface area (Å²) in [4.78, 5) is 23.7. The van der Waals surface area contributed by atoms with Crippen LogP contribution in [0.3, 0.4) is 0 Å². The quantitative estimate of drug-likeness (QED) is 0.808. The van der Waals surface area contributed by atoms with E-state index < -0.39 is 41.1 Å². The molecule has 0 aliphatic carbocycles. The van der Waals surface area contributed by atoms with Crippen molar-refractivity contribution in [1.82, 2.24) is 5.32 Å². The highest BCUT2D eigenvalue weighted by Gasteiger charge is 2.35. The number of anilines is 1. The van der Waals surface area contributed by atoms with Gasteiger partial charge in [-0.3, -0.25) is 15.0 Å². The molecule has 108 valence electrons. The van der Waals surface area contributed by atoms with E-state index >= 15 is 0 Å². The number of rotatable bonds is 1. The number of halogens is 4. The van der Waals surface area contributed by atoms with Gasteiger partial charge in [-0.05, 0) is 18.2 Å². The van der Waals surface area contributed by atoms with E-state index in [0.717, 1.165) is 4.90 Å². The second-order valence-corrected chi connectivity index (χ2v) is 4.47. The van der Waals surface area contributed by atoms with Crippen LogP contribution in [0.4, 0.5) is 28.0 Å². The van der Waals surface area contributed by atoms with Crippen molar-refractivity contribution in [2.45, 2.75) is 13.1 Å². The molecule has 1 aliphatic rings. The fourth-order valence-electron chi connectivity index (χ4n) is 1.84. The van der Waals surface area contributed by atoms with E-state index in [1.54, 1.807) is 0 Å². The molecular weight excluding hydrogens is 280 g/mol. The molecule has 4 nitrogen and oxygen atoms in total. The van der Waals surface area contributed by atoms with Gasteiger partial charge in [0.2, 0.25) is 5.91 Å². The Balaban J connectivity index is 2.41. The maximum atomic E-state index is 13.7. The molecule has 0 radical (unpaired) electrons. The third-order valence-electron chi connectivity index (χ3n) is 2.94. The van der Waals surface area contributed by atoms with Gasteiger partial charge in [0.1, 0.15) is 5.82 Å². The predicted molar refractivity (Wildman–Crippen MR) is 61.5 cm³/mol. The molecule has 0 bridgehead atoms. The molecule has 0 aromatic heterocycles. The topological polar surface area (TPSA) is 49.4 Å². The zero-order valence-corrected chi connectivity index (χ0v) is 10.3. The van der Waals surface area contributed by atoms with Gasteiger partial charge >= 0.3 is 12.2 Å². The fraction of sp³-hybridized carbons (Fsp3) is 0.333. The number of amides is 3. The summed E-state index contributed by atoms with van der Waals surface area (Å²) in [6.07, 6.45) is -4.64. The minimum atomic E-state index is -4.64. The average Bonchev–Trinajstić information content (AvgIpc) is 2.33. The largest absolute Gasteiger partial charge is 0.416 e. The van der Waals surface area contributed by atoms with Gasteiger partial charge in [-0.2, -0.15) is 13.2 Å². The molecule has 1 aromatic carbocycles. The highest BCUT2D eigenvalue weighted by Crippen LogP contribution is 2.33. The molecule has 1 fully saturated rings. The van der Waals surface area contributed by atoms with Crippen LogP contribution in [-0.2, 0) is 11.0 Å². The Bertz CT molecular complexity index is 571. The number of imide groups is 1. The zero-order valence-electron chi connectivity index (χ0n) is 10.3. The second-order valence-electron chi connectivity index (χ2n) is 4.47. The molecule has 0 spiro atoms. The standard InChI is InChI=1S/C12H10F4N2O2/c1-6-5-18(11(20)17-10(6)19)9-4-7(12(14,15)16)2-3-8(9)13/h2-4,6H,5H2,1H3,(H,17,19,20). The summed E-state index contributed by atoms with van der Waals surface area (Å²) in [5.41, 5.74) is -1.57. The molecule has 8 heteroatoms. The number of carbonyl (C=O) groups is 2. The molecule has 20 heavy (non-hydrogen) atoms. The van der Waals surface area contributed by atoms with Gasteiger partial charge in [0.25, 0.3) is 0 Å². The zero-order chi connectivity index (χ0) is 15.1. The molecule has 1 unspecified atom stereocenters. The Hall–Kier alpha value is -2.12. The monoisotopic (exact) mass is 290 g/mol. The SMILES string of the molecule is CC1CN(c2cc(C(F)(F)F)ccc2F)C(=O)NC1=O. The summed E-state index contributed by atoms with van der Waals surface area (Å²) in [5, 5.41) is 1.96. The lowest BCUT2D eigenvalue weighted by Crippen LogP contribution is -2.54. The Labute approximate surface area is 111 Å². The Morgan fingerprint density at radius 2 is 1.95 bits per heavy atom. The van der Waals surface area contributed by atoms with Crippen LogP contribution in [-0.4, -0.2) is 18.5 Å². The summed E-state index contributed by atoms with van der Waals surface area (Å²) < 4.78 is 51.5. The van der Waals surface area contributed by atoms with Crippen molar-refractivity contribution in [3.8, 4) is 0 Å².